The van der Waals surface area contributed by atoms with Gasteiger partial charge in [-0.1, -0.05) is 0 Å². The van der Waals surface area contributed by atoms with E-state index in [1.54, 1.807) is 0 Å². The van der Waals surface area contributed by atoms with Gasteiger partial charge in [0.05, 0.1) is 12.2 Å². The number of nitrogens with one attached hydrogen (secondary N) is 2. The van der Waals surface area contributed by atoms with Crippen LogP contribution in [0.3, 0.4) is 0 Å². The molecule has 0 heterocycles. The van der Waals surface area contributed by atoms with Gasteiger partial charge in [-0.25, -0.2) is 4.79 Å². The Bertz CT molecular complexity index is 227. The highest BCUT2D eigenvalue weighted by Crippen LogP contribution is 2.16. The van der Waals surface area contributed by atoms with Crippen LogP contribution in [-0.4, -0.2) is 37.4 Å². The smallest absolute Gasteiger partial charge is 0.312 e. The molecule has 0 spiro atoms. The molecule has 5 nitrogen and oxygen atoms in total. The van der Waals surface area contributed by atoms with Crippen LogP contribution < -0.4 is 16.4 Å². The molecule has 0 saturated carbocycles. The molecule has 0 saturated heterocycles. The van der Waals surface area contributed by atoms with Crippen LogP contribution in [0.4, 0.5) is 4.79 Å². The van der Waals surface area contributed by atoms with Crippen molar-refractivity contribution in [3.05, 3.63) is 0 Å². The molecular formula is C11H25N3O2. The summed E-state index contributed by atoms with van der Waals surface area (Å²) >= 11 is 0. The predicted octanol–water partition coefficient (Wildman–Crippen LogP) is 0.838. The summed E-state index contributed by atoms with van der Waals surface area (Å²) in [5, 5.41) is 5.73. The molecule has 5 heteroatoms. The molecular weight excluding hydrogens is 206 g/mol. The summed E-state index contributed by atoms with van der Waals surface area (Å²) in [5.74, 6) is 0. The van der Waals surface area contributed by atoms with Gasteiger partial charge in [-0.15, -0.1) is 0 Å². The van der Waals surface area contributed by atoms with Gasteiger partial charge < -0.3 is 21.1 Å². The van der Waals surface area contributed by atoms with Crippen LogP contribution in [-0.2, 0) is 4.74 Å². The Hall–Kier alpha value is -0.810. The number of likely N-dealkylation sites (N-methyl/N-ethyl adjacent to an activating group) is 1. The largest absolute Gasteiger partial charge is 0.374 e. The molecule has 0 aliphatic rings. The highest BCUT2D eigenvalue weighted by Gasteiger charge is 2.23. The van der Waals surface area contributed by atoms with Crippen molar-refractivity contribution >= 4 is 6.03 Å². The van der Waals surface area contributed by atoms with Gasteiger partial charge in [0.2, 0.25) is 0 Å². The van der Waals surface area contributed by atoms with E-state index in [1.165, 1.54) is 0 Å². The third-order valence-corrected chi connectivity index (χ3v) is 2.53. The number of nitrogens with two attached hydrogens (primary N) is 1. The quantitative estimate of drug-likeness (QED) is 0.607. The Morgan fingerprint density at radius 2 is 1.88 bits per heavy atom. The van der Waals surface area contributed by atoms with Crippen LogP contribution in [0.25, 0.3) is 0 Å². The minimum Gasteiger partial charge on any atom is -0.374 e. The molecule has 0 rings (SSSR count). The fourth-order valence-corrected chi connectivity index (χ4v) is 1.01. The van der Waals surface area contributed by atoms with Crippen LogP contribution in [0, 0.1) is 0 Å². The maximum Gasteiger partial charge on any atom is 0.312 e. The fraction of sp³-hybridized carbons (Fsp3) is 0.909. The number of carbonyl (C=O) groups excluding carboxylic acids is 1. The second-order valence-corrected chi connectivity index (χ2v) is 5.22. The lowest BCUT2D eigenvalue weighted by atomic mass is 10.0. The molecule has 0 unspecified atom stereocenters. The van der Waals surface area contributed by atoms with Crippen molar-refractivity contribution in [2.24, 2.45) is 5.73 Å². The lowest BCUT2D eigenvalue weighted by Crippen LogP contribution is -2.44. The van der Waals surface area contributed by atoms with E-state index >= 15 is 0 Å². The topological polar surface area (TPSA) is 76.4 Å². The summed E-state index contributed by atoms with van der Waals surface area (Å²) in [6.45, 7) is 9.30. The number of rotatable bonds is 7. The SMILES string of the molecule is CNC(C)(C)COC(C)(C)CCNC(N)=O. The van der Waals surface area contributed by atoms with Crippen molar-refractivity contribution in [2.45, 2.75) is 45.3 Å². The van der Waals surface area contributed by atoms with E-state index in [0.717, 1.165) is 6.42 Å². The van der Waals surface area contributed by atoms with E-state index in [1.807, 2.05) is 20.9 Å². The molecule has 0 atom stereocenters. The van der Waals surface area contributed by atoms with Crippen molar-refractivity contribution in [1.82, 2.24) is 10.6 Å². The first-order valence-electron chi connectivity index (χ1n) is 5.55. The Labute approximate surface area is 98.1 Å². The van der Waals surface area contributed by atoms with Gasteiger partial charge in [0.1, 0.15) is 0 Å². The summed E-state index contributed by atoms with van der Waals surface area (Å²) in [4.78, 5) is 10.5. The number of amides is 2. The highest BCUT2D eigenvalue weighted by molar-refractivity contribution is 5.71. The number of carbonyl (C=O) groups is 1. The fourth-order valence-electron chi connectivity index (χ4n) is 1.01. The number of ether oxygens (including phenoxy) is 1. The van der Waals surface area contributed by atoms with Gasteiger partial charge in [0.15, 0.2) is 0 Å². The van der Waals surface area contributed by atoms with Gasteiger partial charge in [0, 0.05) is 12.1 Å². The van der Waals surface area contributed by atoms with Gasteiger partial charge in [-0.3, -0.25) is 0 Å². The number of hydrogen-bond acceptors (Lipinski definition) is 3. The predicted molar refractivity (Wildman–Crippen MR) is 65.4 cm³/mol. The summed E-state index contributed by atoms with van der Waals surface area (Å²) in [6.07, 6.45) is 0.732. The molecule has 0 radical (unpaired) electrons. The average Bonchev–Trinajstić information content (AvgIpc) is 2.14. The molecule has 16 heavy (non-hydrogen) atoms. The standard InChI is InChI=1S/C11H25N3O2/c1-10(2,13-5)8-16-11(3,4)6-7-14-9(12)15/h13H,6-8H2,1-5H3,(H3,12,14,15). The van der Waals surface area contributed by atoms with Crippen molar-refractivity contribution < 1.29 is 9.53 Å². The molecule has 0 fully saturated rings. The first-order chi connectivity index (χ1) is 7.18. The lowest BCUT2D eigenvalue weighted by Gasteiger charge is -2.31. The molecule has 0 aliphatic carbocycles. The Morgan fingerprint density at radius 1 is 1.31 bits per heavy atom. The van der Waals surface area contributed by atoms with Crippen molar-refractivity contribution in [3.63, 3.8) is 0 Å². The van der Waals surface area contributed by atoms with Crippen LogP contribution in [0.15, 0.2) is 0 Å². The third kappa shape index (κ3) is 7.48. The molecule has 96 valence electrons. The third-order valence-electron chi connectivity index (χ3n) is 2.53. The second-order valence-electron chi connectivity index (χ2n) is 5.22. The van der Waals surface area contributed by atoms with Crippen molar-refractivity contribution in [1.29, 1.82) is 0 Å². The first-order valence-corrected chi connectivity index (χ1v) is 5.55. The van der Waals surface area contributed by atoms with Gasteiger partial charge in [0.25, 0.3) is 0 Å². The van der Waals surface area contributed by atoms with E-state index < -0.39 is 6.03 Å². The number of hydrogen-bond donors (Lipinski definition) is 3. The minimum atomic E-state index is -0.494. The lowest BCUT2D eigenvalue weighted by molar-refractivity contribution is -0.0454. The molecule has 4 N–H and O–H groups in total. The van der Waals surface area contributed by atoms with E-state index in [-0.39, 0.29) is 11.1 Å². The molecule has 0 bridgehead atoms. The Morgan fingerprint density at radius 3 is 2.31 bits per heavy atom. The molecule has 0 aliphatic heterocycles. The zero-order valence-electron chi connectivity index (χ0n) is 11.0. The summed E-state index contributed by atoms with van der Waals surface area (Å²) in [6, 6.07) is -0.494. The Balaban J connectivity index is 3.91. The van der Waals surface area contributed by atoms with E-state index in [4.69, 9.17) is 10.5 Å². The zero-order valence-corrected chi connectivity index (χ0v) is 11.0. The summed E-state index contributed by atoms with van der Waals surface area (Å²) in [7, 11) is 1.91. The minimum absolute atomic E-state index is 0.0472. The molecule has 2 amide bonds. The first kappa shape index (κ1) is 15.2. The van der Waals surface area contributed by atoms with E-state index in [9.17, 15) is 4.79 Å². The van der Waals surface area contributed by atoms with Crippen LogP contribution in [0.1, 0.15) is 34.1 Å². The normalized spacial score (nSPS) is 12.6. The maximum absolute atomic E-state index is 10.5. The van der Waals surface area contributed by atoms with Crippen LogP contribution >= 0.6 is 0 Å². The summed E-state index contributed by atoms with van der Waals surface area (Å²) < 4.78 is 5.81. The van der Waals surface area contributed by atoms with Gasteiger partial charge >= 0.3 is 6.03 Å². The van der Waals surface area contributed by atoms with E-state index in [0.29, 0.717) is 13.2 Å². The number of urea groups is 1. The zero-order chi connectivity index (χ0) is 12.8. The van der Waals surface area contributed by atoms with Crippen LogP contribution in [0.2, 0.25) is 0 Å². The van der Waals surface area contributed by atoms with Crippen LogP contribution in [0.5, 0.6) is 0 Å². The number of primary amides is 1. The highest BCUT2D eigenvalue weighted by atomic mass is 16.5. The van der Waals surface area contributed by atoms with Crippen molar-refractivity contribution in [2.75, 3.05) is 20.2 Å². The van der Waals surface area contributed by atoms with E-state index in [2.05, 4.69) is 24.5 Å². The molecule has 0 aromatic heterocycles. The summed E-state index contributed by atoms with van der Waals surface area (Å²) in [5.41, 5.74) is 4.67. The molecule has 0 aromatic rings. The average molecular weight is 231 g/mol. The van der Waals surface area contributed by atoms with Gasteiger partial charge in [-0.05, 0) is 41.2 Å². The van der Waals surface area contributed by atoms with Gasteiger partial charge in [-0.2, -0.15) is 0 Å². The van der Waals surface area contributed by atoms with Crippen molar-refractivity contribution in [3.8, 4) is 0 Å². The maximum atomic E-state index is 10.5. The monoisotopic (exact) mass is 231 g/mol. The second kappa shape index (κ2) is 6.06. The Kier molecular flexibility index (Phi) is 5.75. The molecule has 0 aromatic carbocycles.